The van der Waals surface area contributed by atoms with Crippen molar-refractivity contribution in [2.75, 3.05) is 24.2 Å². The van der Waals surface area contributed by atoms with Gasteiger partial charge in [0.15, 0.2) is 0 Å². The third kappa shape index (κ3) is 4.37. The van der Waals surface area contributed by atoms with Gasteiger partial charge in [0.05, 0.1) is 6.54 Å². The van der Waals surface area contributed by atoms with Crippen molar-refractivity contribution < 1.29 is 9.53 Å². The number of primary amides is 1. The number of halogens is 1. The van der Waals surface area contributed by atoms with Crippen molar-refractivity contribution >= 4 is 29.2 Å². The molecule has 0 aliphatic carbocycles. The summed E-state index contributed by atoms with van der Waals surface area (Å²) in [6.07, 6.45) is -0.810. The van der Waals surface area contributed by atoms with E-state index in [0.29, 0.717) is 23.2 Å². The number of nitrogen functional groups attached to an aromatic ring is 1. The van der Waals surface area contributed by atoms with Crippen molar-refractivity contribution in [3.05, 3.63) is 17.3 Å². The maximum Gasteiger partial charge on any atom is 0.404 e. The highest BCUT2D eigenvalue weighted by molar-refractivity contribution is 6.29. The first-order chi connectivity index (χ1) is 7.08. The number of pyridine rings is 1. The molecule has 7 heteroatoms. The minimum atomic E-state index is -0.810. The Morgan fingerprint density at radius 3 is 2.93 bits per heavy atom. The van der Waals surface area contributed by atoms with Crippen LogP contribution in [0.2, 0.25) is 5.15 Å². The number of aromatic nitrogens is 1. The van der Waals surface area contributed by atoms with Gasteiger partial charge in [-0.2, -0.15) is 0 Å². The second-order valence-corrected chi connectivity index (χ2v) is 3.09. The lowest BCUT2D eigenvalue weighted by Crippen LogP contribution is -2.18. The largest absolute Gasteiger partial charge is 0.448 e. The number of anilines is 2. The second kappa shape index (κ2) is 5.26. The molecule has 0 bridgehead atoms. The highest BCUT2D eigenvalue weighted by Gasteiger charge is 1.99. The van der Waals surface area contributed by atoms with E-state index < -0.39 is 6.09 Å². The van der Waals surface area contributed by atoms with E-state index in [1.54, 1.807) is 6.07 Å². The minimum Gasteiger partial charge on any atom is -0.448 e. The standard InChI is InChI=1S/C8H11ClN4O2/c9-6-3-5(10)4-7(13-6)12-1-2-15-8(11)14/h3-4H,1-2H2,(H2,11,14)(H3,10,12,13). The van der Waals surface area contributed by atoms with E-state index in [2.05, 4.69) is 15.0 Å². The molecule has 1 aromatic rings. The van der Waals surface area contributed by atoms with Crippen molar-refractivity contribution in [1.82, 2.24) is 4.98 Å². The fourth-order valence-electron chi connectivity index (χ4n) is 0.938. The lowest BCUT2D eigenvalue weighted by Gasteiger charge is -2.06. The summed E-state index contributed by atoms with van der Waals surface area (Å²) in [6, 6.07) is 3.16. The number of carbonyl (C=O) groups is 1. The van der Waals surface area contributed by atoms with Gasteiger partial charge in [-0.05, 0) is 6.07 Å². The van der Waals surface area contributed by atoms with Gasteiger partial charge in [-0.1, -0.05) is 11.6 Å². The second-order valence-electron chi connectivity index (χ2n) is 2.70. The number of hydrogen-bond acceptors (Lipinski definition) is 5. The Kier molecular flexibility index (Phi) is 3.99. The molecule has 15 heavy (non-hydrogen) atoms. The van der Waals surface area contributed by atoms with Crippen LogP contribution in [0.5, 0.6) is 0 Å². The van der Waals surface area contributed by atoms with Gasteiger partial charge >= 0.3 is 6.09 Å². The van der Waals surface area contributed by atoms with Crippen molar-refractivity contribution in [3.63, 3.8) is 0 Å². The van der Waals surface area contributed by atoms with E-state index in [0.717, 1.165) is 0 Å². The van der Waals surface area contributed by atoms with E-state index in [1.165, 1.54) is 6.07 Å². The molecule has 0 aliphatic rings. The van der Waals surface area contributed by atoms with E-state index in [-0.39, 0.29) is 6.61 Å². The zero-order valence-electron chi connectivity index (χ0n) is 7.87. The molecular weight excluding hydrogens is 220 g/mol. The van der Waals surface area contributed by atoms with E-state index >= 15 is 0 Å². The number of rotatable bonds is 4. The zero-order valence-corrected chi connectivity index (χ0v) is 8.62. The van der Waals surface area contributed by atoms with E-state index in [1.807, 2.05) is 0 Å². The first-order valence-electron chi connectivity index (χ1n) is 4.17. The lowest BCUT2D eigenvalue weighted by molar-refractivity contribution is 0.161. The predicted octanol–water partition coefficient (Wildman–Crippen LogP) is 0.824. The summed E-state index contributed by atoms with van der Waals surface area (Å²) < 4.78 is 4.51. The number of nitrogens with one attached hydrogen (secondary N) is 1. The summed E-state index contributed by atoms with van der Waals surface area (Å²) in [5.74, 6) is 0.521. The molecule has 5 N–H and O–H groups in total. The number of ether oxygens (including phenoxy) is 1. The molecule has 0 unspecified atom stereocenters. The van der Waals surface area contributed by atoms with E-state index in [9.17, 15) is 4.79 Å². The highest BCUT2D eigenvalue weighted by Crippen LogP contribution is 2.15. The van der Waals surface area contributed by atoms with Crippen LogP contribution in [-0.4, -0.2) is 24.2 Å². The Morgan fingerprint density at radius 2 is 2.33 bits per heavy atom. The molecule has 6 nitrogen and oxygen atoms in total. The molecule has 0 saturated heterocycles. The van der Waals surface area contributed by atoms with Crippen LogP contribution >= 0.6 is 11.6 Å². The van der Waals surface area contributed by atoms with Crippen molar-refractivity contribution in [1.29, 1.82) is 0 Å². The Hall–Kier alpha value is -1.69. The summed E-state index contributed by atoms with van der Waals surface area (Å²) in [5, 5.41) is 3.17. The Bertz CT molecular complexity index is 338. The lowest BCUT2D eigenvalue weighted by atomic mass is 10.4. The molecule has 1 rings (SSSR count). The van der Waals surface area contributed by atoms with Crippen LogP contribution in [0.25, 0.3) is 0 Å². The third-order valence-corrected chi connectivity index (χ3v) is 1.66. The van der Waals surface area contributed by atoms with Crippen molar-refractivity contribution in [3.8, 4) is 0 Å². The molecule has 0 spiro atoms. The molecule has 0 aromatic carbocycles. The summed E-state index contributed by atoms with van der Waals surface area (Å²) in [5.41, 5.74) is 10.8. The molecular formula is C8H11ClN4O2. The van der Waals surface area contributed by atoms with Crippen LogP contribution in [0.3, 0.4) is 0 Å². The average molecular weight is 231 g/mol. The van der Waals surface area contributed by atoms with Crippen LogP contribution in [0.15, 0.2) is 12.1 Å². The van der Waals surface area contributed by atoms with Crippen molar-refractivity contribution in [2.24, 2.45) is 5.73 Å². The van der Waals surface area contributed by atoms with Crippen LogP contribution in [0, 0.1) is 0 Å². The van der Waals surface area contributed by atoms with Crippen LogP contribution in [0.4, 0.5) is 16.3 Å². The van der Waals surface area contributed by atoms with Crippen LogP contribution < -0.4 is 16.8 Å². The van der Waals surface area contributed by atoms with Gasteiger partial charge in [-0.15, -0.1) is 0 Å². The topological polar surface area (TPSA) is 103 Å². The first kappa shape index (κ1) is 11.4. The molecule has 0 atom stereocenters. The molecule has 1 heterocycles. The summed E-state index contributed by atoms with van der Waals surface area (Å²) in [6.45, 7) is 0.541. The van der Waals surface area contributed by atoms with E-state index in [4.69, 9.17) is 23.1 Å². The number of hydrogen-bond donors (Lipinski definition) is 3. The maximum absolute atomic E-state index is 10.2. The number of nitrogens with zero attached hydrogens (tertiary/aromatic N) is 1. The molecule has 82 valence electrons. The quantitative estimate of drug-likeness (QED) is 0.525. The van der Waals surface area contributed by atoms with Crippen molar-refractivity contribution in [2.45, 2.75) is 0 Å². The average Bonchev–Trinajstić information content (AvgIpc) is 2.10. The molecule has 0 saturated carbocycles. The molecule has 0 fully saturated rings. The molecule has 0 radical (unpaired) electrons. The zero-order chi connectivity index (χ0) is 11.3. The van der Waals surface area contributed by atoms with Gasteiger partial charge in [0.25, 0.3) is 0 Å². The van der Waals surface area contributed by atoms with Crippen LogP contribution in [-0.2, 0) is 4.74 Å². The smallest absolute Gasteiger partial charge is 0.404 e. The summed E-state index contributed by atoms with van der Waals surface area (Å²) >= 11 is 5.68. The number of amides is 1. The number of nitrogens with two attached hydrogens (primary N) is 2. The first-order valence-corrected chi connectivity index (χ1v) is 4.55. The molecule has 0 aliphatic heterocycles. The summed E-state index contributed by atoms with van der Waals surface area (Å²) in [7, 11) is 0. The third-order valence-electron chi connectivity index (χ3n) is 1.47. The highest BCUT2D eigenvalue weighted by atomic mass is 35.5. The van der Waals surface area contributed by atoms with Gasteiger partial charge in [0, 0.05) is 11.8 Å². The SMILES string of the molecule is NC(=O)OCCNc1cc(N)cc(Cl)n1. The van der Waals surface area contributed by atoms with Gasteiger partial charge < -0.3 is 21.5 Å². The van der Waals surface area contributed by atoms with Gasteiger partial charge in [-0.25, -0.2) is 9.78 Å². The van der Waals surface area contributed by atoms with Gasteiger partial charge in [0.2, 0.25) is 0 Å². The minimum absolute atomic E-state index is 0.156. The fourth-order valence-corrected chi connectivity index (χ4v) is 1.16. The predicted molar refractivity (Wildman–Crippen MR) is 57.7 cm³/mol. The fraction of sp³-hybridized carbons (Fsp3) is 0.250. The monoisotopic (exact) mass is 230 g/mol. The van der Waals surface area contributed by atoms with Gasteiger partial charge in [0.1, 0.15) is 17.6 Å². The normalized spacial score (nSPS) is 9.67. The Balaban J connectivity index is 2.40. The Morgan fingerprint density at radius 1 is 1.60 bits per heavy atom. The molecule has 1 aromatic heterocycles. The maximum atomic E-state index is 10.2. The van der Waals surface area contributed by atoms with Gasteiger partial charge in [-0.3, -0.25) is 0 Å². The van der Waals surface area contributed by atoms with Crippen LogP contribution in [0.1, 0.15) is 0 Å². The number of carbonyl (C=O) groups excluding carboxylic acids is 1. The Labute approximate surface area is 91.6 Å². The molecule has 1 amide bonds. The summed E-state index contributed by atoms with van der Waals surface area (Å²) in [4.78, 5) is 14.2.